The van der Waals surface area contributed by atoms with E-state index in [2.05, 4.69) is 0 Å². The fourth-order valence-corrected chi connectivity index (χ4v) is 0.655. The molecule has 0 amide bonds. The van der Waals surface area contributed by atoms with E-state index < -0.39 is 4.92 Å². The van der Waals surface area contributed by atoms with Gasteiger partial charge in [0.1, 0.15) is 5.75 Å². The number of benzene rings is 1. The van der Waals surface area contributed by atoms with Gasteiger partial charge >= 0.3 is 0 Å². The molecule has 0 saturated heterocycles. The van der Waals surface area contributed by atoms with Gasteiger partial charge in [0.15, 0.2) is 0 Å². The van der Waals surface area contributed by atoms with Gasteiger partial charge < -0.3 is 10.8 Å². The zero-order valence-electron chi connectivity index (χ0n) is 7.52. The lowest BCUT2D eigenvalue weighted by Crippen LogP contribution is -1.90. The van der Waals surface area contributed by atoms with Crippen molar-refractivity contribution in [3.05, 3.63) is 28.3 Å². The number of nitrogen functional groups attached to an aromatic ring is 1. The van der Waals surface area contributed by atoms with E-state index in [0.29, 0.717) is 0 Å². The number of hydrogen-bond donors (Lipinski definition) is 2. The smallest absolute Gasteiger partial charge is 0.271 e. The zero-order valence-corrected chi connectivity index (χ0v) is 7.52. The summed E-state index contributed by atoms with van der Waals surface area (Å²) in [7, 11) is 0. The number of non-ortho nitro benzene ring substituents is 1. The second-order valence-electron chi connectivity index (χ2n) is 2.00. The minimum atomic E-state index is -0.574. The first kappa shape index (κ1) is 11.2. The fourth-order valence-electron chi connectivity index (χ4n) is 0.655. The predicted molar refractivity (Wildman–Crippen MR) is 50.5 cm³/mol. The summed E-state index contributed by atoms with van der Waals surface area (Å²) in [5.74, 6) is -0.143. The largest absolute Gasteiger partial charge is 0.506 e. The molecular formula is C8H12N2O3. The highest BCUT2D eigenvalue weighted by Gasteiger charge is 2.06. The number of nitro benzene ring substituents is 1. The SMILES string of the molecule is CC.Nc1cc([N+](=O)[O-])ccc1O. The summed E-state index contributed by atoms with van der Waals surface area (Å²) < 4.78 is 0. The Hall–Kier alpha value is -1.78. The number of nitrogens with zero attached hydrogens (tertiary/aromatic N) is 1. The number of anilines is 1. The summed E-state index contributed by atoms with van der Waals surface area (Å²) in [4.78, 5) is 9.56. The van der Waals surface area contributed by atoms with Gasteiger partial charge in [-0.1, -0.05) is 13.8 Å². The van der Waals surface area contributed by atoms with Gasteiger partial charge in [0, 0.05) is 12.1 Å². The van der Waals surface area contributed by atoms with E-state index in [4.69, 9.17) is 10.8 Å². The van der Waals surface area contributed by atoms with Crippen molar-refractivity contribution in [3.8, 4) is 5.75 Å². The Kier molecular flexibility index (Phi) is 4.29. The number of phenolic OH excluding ortho intramolecular Hbond substituents is 1. The summed E-state index contributed by atoms with van der Waals surface area (Å²) >= 11 is 0. The number of hydrogen-bond acceptors (Lipinski definition) is 4. The van der Waals surface area contributed by atoms with Crippen LogP contribution in [0, 0.1) is 10.1 Å². The first-order chi connectivity index (χ1) is 6.11. The van der Waals surface area contributed by atoms with E-state index in [1.54, 1.807) is 0 Å². The Balaban J connectivity index is 0.000000671. The number of rotatable bonds is 1. The van der Waals surface area contributed by atoms with Crippen LogP contribution in [0.1, 0.15) is 13.8 Å². The monoisotopic (exact) mass is 184 g/mol. The maximum atomic E-state index is 10.1. The van der Waals surface area contributed by atoms with Crippen molar-refractivity contribution in [2.45, 2.75) is 13.8 Å². The van der Waals surface area contributed by atoms with E-state index in [1.807, 2.05) is 13.8 Å². The molecule has 0 heterocycles. The van der Waals surface area contributed by atoms with Gasteiger partial charge in [-0.25, -0.2) is 0 Å². The molecule has 0 aromatic heterocycles. The van der Waals surface area contributed by atoms with Crippen molar-refractivity contribution in [3.63, 3.8) is 0 Å². The van der Waals surface area contributed by atoms with Crippen molar-refractivity contribution in [1.82, 2.24) is 0 Å². The third kappa shape index (κ3) is 2.98. The van der Waals surface area contributed by atoms with Gasteiger partial charge in [0.25, 0.3) is 5.69 Å². The summed E-state index contributed by atoms with van der Waals surface area (Å²) in [6.07, 6.45) is 0. The molecule has 13 heavy (non-hydrogen) atoms. The quantitative estimate of drug-likeness (QED) is 0.302. The number of nitrogens with two attached hydrogens (primary N) is 1. The maximum absolute atomic E-state index is 10.1. The highest BCUT2D eigenvalue weighted by Crippen LogP contribution is 2.24. The molecule has 1 rings (SSSR count). The molecule has 0 aliphatic carbocycles. The summed E-state index contributed by atoms with van der Waals surface area (Å²) in [5, 5.41) is 19.0. The molecule has 0 bridgehead atoms. The maximum Gasteiger partial charge on any atom is 0.271 e. The Morgan fingerprint density at radius 3 is 2.38 bits per heavy atom. The van der Waals surface area contributed by atoms with E-state index >= 15 is 0 Å². The molecule has 0 fully saturated rings. The van der Waals surface area contributed by atoms with Crippen molar-refractivity contribution in [2.75, 3.05) is 5.73 Å². The van der Waals surface area contributed by atoms with Crippen LogP contribution in [0.3, 0.4) is 0 Å². The van der Waals surface area contributed by atoms with Gasteiger partial charge in [0.05, 0.1) is 10.6 Å². The molecule has 1 aromatic carbocycles. The zero-order chi connectivity index (χ0) is 10.4. The van der Waals surface area contributed by atoms with Crippen molar-refractivity contribution in [1.29, 1.82) is 0 Å². The van der Waals surface area contributed by atoms with Crippen molar-refractivity contribution < 1.29 is 10.0 Å². The molecule has 5 heteroatoms. The van der Waals surface area contributed by atoms with E-state index in [1.165, 1.54) is 12.1 Å². The van der Waals surface area contributed by atoms with Crippen LogP contribution in [0.2, 0.25) is 0 Å². The highest BCUT2D eigenvalue weighted by molar-refractivity contribution is 5.57. The average Bonchev–Trinajstić information content (AvgIpc) is 2.13. The number of aromatic hydroxyl groups is 1. The van der Waals surface area contributed by atoms with Gasteiger partial charge in [-0.3, -0.25) is 10.1 Å². The van der Waals surface area contributed by atoms with E-state index in [-0.39, 0.29) is 17.1 Å². The molecule has 0 unspecified atom stereocenters. The summed E-state index contributed by atoms with van der Waals surface area (Å²) in [6.45, 7) is 4.00. The van der Waals surface area contributed by atoms with Crippen molar-refractivity contribution >= 4 is 11.4 Å². The standard InChI is InChI=1S/C6H6N2O3.C2H6/c7-5-3-4(8(10)11)1-2-6(5)9;1-2/h1-3,9H,7H2;1-2H3. The van der Waals surface area contributed by atoms with Crippen LogP contribution in [-0.4, -0.2) is 10.0 Å². The summed E-state index contributed by atoms with van der Waals surface area (Å²) in [6, 6.07) is 3.48. The lowest BCUT2D eigenvalue weighted by atomic mass is 10.2. The van der Waals surface area contributed by atoms with Crippen LogP contribution in [0.25, 0.3) is 0 Å². The molecular weight excluding hydrogens is 172 g/mol. The van der Waals surface area contributed by atoms with E-state index in [9.17, 15) is 10.1 Å². The molecule has 0 aliphatic heterocycles. The molecule has 0 spiro atoms. The van der Waals surface area contributed by atoms with Gasteiger partial charge in [-0.2, -0.15) is 0 Å². The van der Waals surface area contributed by atoms with Gasteiger partial charge in [0.2, 0.25) is 0 Å². The molecule has 3 N–H and O–H groups in total. The second kappa shape index (κ2) is 4.97. The molecule has 0 aliphatic rings. The van der Waals surface area contributed by atoms with Gasteiger partial charge in [-0.15, -0.1) is 0 Å². The Labute approximate surface area is 76.0 Å². The van der Waals surface area contributed by atoms with Gasteiger partial charge in [-0.05, 0) is 6.07 Å². The lowest BCUT2D eigenvalue weighted by molar-refractivity contribution is -0.384. The molecule has 0 radical (unpaired) electrons. The van der Waals surface area contributed by atoms with Crippen LogP contribution in [0.15, 0.2) is 18.2 Å². The normalized spacial score (nSPS) is 8.46. The minimum absolute atomic E-state index is 0.0131. The third-order valence-electron chi connectivity index (χ3n) is 1.22. The van der Waals surface area contributed by atoms with Crippen LogP contribution in [0.4, 0.5) is 11.4 Å². The average molecular weight is 184 g/mol. The topological polar surface area (TPSA) is 89.4 Å². The predicted octanol–water partition coefficient (Wildman–Crippen LogP) is 1.91. The Morgan fingerprint density at radius 1 is 1.46 bits per heavy atom. The molecule has 0 atom stereocenters. The fraction of sp³-hybridized carbons (Fsp3) is 0.250. The van der Waals surface area contributed by atoms with Crippen LogP contribution in [-0.2, 0) is 0 Å². The third-order valence-corrected chi connectivity index (χ3v) is 1.22. The molecule has 72 valence electrons. The summed E-state index contributed by atoms with van der Waals surface area (Å²) in [5.41, 5.74) is 5.09. The highest BCUT2D eigenvalue weighted by atomic mass is 16.6. The second-order valence-corrected chi connectivity index (χ2v) is 2.00. The lowest BCUT2D eigenvalue weighted by Gasteiger charge is -1.96. The van der Waals surface area contributed by atoms with Crippen molar-refractivity contribution in [2.24, 2.45) is 0 Å². The van der Waals surface area contributed by atoms with Crippen LogP contribution < -0.4 is 5.73 Å². The van der Waals surface area contributed by atoms with Crippen LogP contribution in [0.5, 0.6) is 5.75 Å². The Morgan fingerprint density at radius 2 is 2.00 bits per heavy atom. The minimum Gasteiger partial charge on any atom is -0.506 e. The number of nitro groups is 1. The first-order valence-electron chi connectivity index (χ1n) is 3.84. The molecule has 0 saturated carbocycles. The Bertz CT molecular complexity index is 299. The van der Waals surface area contributed by atoms with E-state index in [0.717, 1.165) is 6.07 Å². The molecule has 1 aromatic rings. The number of phenols is 1. The van der Waals surface area contributed by atoms with Crippen LogP contribution >= 0.6 is 0 Å². The first-order valence-corrected chi connectivity index (χ1v) is 3.84. The molecule has 5 nitrogen and oxygen atoms in total.